The minimum absolute atomic E-state index is 0. The van der Waals surface area contributed by atoms with Gasteiger partial charge in [0.2, 0.25) is 0 Å². The maximum Gasteiger partial charge on any atom is 0.251 e. The lowest BCUT2D eigenvalue weighted by Gasteiger charge is -2.10. The van der Waals surface area contributed by atoms with E-state index in [-0.39, 0.29) is 18.3 Å². The average Bonchev–Trinajstić information content (AvgIpc) is 3.25. The fourth-order valence-electron chi connectivity index (χ4n) is 2.96. The predicted octanol–water partition coefficient (Wildman–Crippen LogP) is 2.37. The van der Waals surface area contributed by atoms with Crippen LogP contribution in [0, 0.1) is 0 Å². The zero-order valence-corrected chi connectivity index (χ0v) is 19.0. The highest BCUT2D eigenvalue weighted by Gasteiger charge is 2.11. The van der Waals surface area contributed by atoms with Crippen LogP contribution in [0.25, 0.3) is 16.9 Å². The molecule has 0 aliphatic heterocycles. The third-order valence-electron chi connectivity index (χ3n) is 4.63. The van der Waals surface area contributed by atoms with Crippen LogP contribution in [0.15, 0.2) is 66.3 Å². The first-order valence-electron chi connectivity index (χ1n) is 10.0. The van der Waals surface area contributed by atoms with Gasteiger partial charge in [-0.1, -0.05) is 18.2 Å². The number of hydrogen-bond donors (Lipinski definition) is 2. The van der Waals surface area contributed by atoms with E-state index in [2.05, 4.69) is 35.9 Å². The summed E-state index contributed by atoms with van der Waals surface area (Å²) in [4.78, 5) is 27.1. The molecule has 0 saturated carbocycles. The Morgan fingerprint density at radius 3 is 2.67 bits per heavy atom. The van der Waals surface area contributed by atoms with Crippen molar-refractivity contribution in [3.63, 3.8) is 0 Å². The van der Waals surface area contributed by atoms with Crippen molar-refractivity contribution in [3.8, 4) is 5.82 Å². The maximum atomic E-state index is 12.2. The second kappa shape index (κ2) is 11.1. The molecule has 170 valence electrons. The number of nitrogens with zero attached hydrogens (tertiary/aromatic N) is 7. The summed E-state index contributed by atoms with van der Waals surface area (Å²) in [7, 11) is 3.93. The predicted molar refractivity (Wildman–Crippen MR) is 130 cm³/mol. The van der Waals surface area contributed by atoms with Gasteiger partial charge in [-0.15, -0.1) is 12.4 Å². The molecule has 0 aliphatic rings. The highest BCUT2D eigenvalue weighted by Crippen LogP contribution is 2.20. The summed E-state index contributed by atoms with van der Waals surface area (Å²) >= 11 is 0. The normalized spacial score (nSPS) is 11.0. The smallest absolute Gasteiger partial charge is 0.251 e. The van der Waals surface area contributed by atoms with Gasteiger partial charge in [0.1, 0.15) is 6.33 Å². The number of rotatable bonds is 8. The number of hydrazone groups is 1. The Morgan fingerprint density at radius 2 is 1.94 bits per heavy atom. The summed E-state index contributed by atoms with van der Waals surface area (Å²) in [6.07, 6.45) is 6.48. The van der Waals surface area contributed by atoms with Crippen molar-refractivity contribution in [3.05, 3.63) is 72.3 Å². The van der Waals surface area contributed by atoms with Crippen molar-refractivity contribution in [1.29, 1.82) is 0 Å². The van der Waals surface area contributed by atoms with E-state index in [0.717, 1.165) is 17.5 Å². The number of fused-ring (bicyclic) bond motifs is 1. The van der Waals surface area contributed by atoms with Crippen LogP contribution >= 0.6 is 12.4 Å². The van der Waals surface area contributed by atoms with Crippen molar-refractivity contribution in [2.75, 3.05) is 32.6 Å². The quantitative estimate of drug-likeness (QED) is 0.303. The van der Waals surface area contributed by atoms with Gasteiger partial charge in [0.05, 0.1) is 17.8 Å². The summed E-state index contributed by atoms with van der Waals surface area (Å²) in [5, 5.41) is 12.2. The van der Waals surface area contributed by atoms with Gasteiger partial charge >= 0.3 is 0 Å². The Hall–Kier alpha value is -3.89. The Bertz CT molecular complexity index is 1220. The minimum atomic E-state index is -0.0956. The molecular weight excluding hydrogens is 442 g/mol. The van der Waals surface area contributed by atoms with Crippen LogP contribution < -0.4 is 10.7 Å². The zero-order valence-electron chi connectivity index (χ0n) is 18.2. The molecule has 0 aliphatic carbocycles. The number of benzene rings is 1. The van der Waals surface area contributed by atoms with Gasteiger partial charge < -0.3 is 10.2 Å². The van der Waals surface area contributed by atoms with E-state index in [1.54, 1.807) is 35.4 Å². The SMILES string of the molecule is CN(C)CCNC(=O)c1ccc(/C=N/Nc2ncnc3c2cnn3-c2ccccn2)cc1.Cl. The second-order valence-corrected chi connectivity index (χ2v) is 7.26. The van der Waals surface area contributed by atoms with Gasteiger partial charge in [0, 0.05) is 24.8 Å². The van der Waals surface area contributed by atoms with Crippen molar-refractivity contribution in [2.24, 2.45) is 5.10 Å². The van der Waals surface area contributed by atoms with E-state index in [1.165, 1.54) is 6.33 Å². The maximum absolute atomic E-state index is 12.2. The van der Waals surface area contributed by atoms with Crippen molar-refractivity contribution >= 4 is 41.4 Å². The first-order valence-corrected chi connectivity index (χ1v) is 10.0. The molecule has 4 aromatic rings. The lowest BCUT2D eigenvalue weighted by Crippen LogP contribution is -2.31. The first kappa shape index (κ1) is 23.8. The third kappa shape index (κ3) is 5.88. The van der Waals surface area contributed by atoms with E-state index in [0.29, 0.717) is 29.4 Å². The lowest BCUT2D eigenvalue weighted by molar-refractivity contribution is 0.0951. The molecule has 0 spiro atoms. The standard InChI is InChI=1S/C22H23N9O.ClH/c1-30(2)12-11-24-22(32)17-8-6-16(7-9-17)13-27-29-20-18-14-28-31(21(18)26-15-25-20)19-5-3-4-10-23-19;/h3-10,13-15H,11-12H2,1-2H3,(H,24,32)(H,25,26,29);1H/b27-13+;. The number of nitrogens with one attached hydrogen (secondary N) is 2. The summed E-state index contributed by atoms with van der Waals surface area (Å²) < 4.78 is 1.65. The van der Waals surface area contributed by atoms with Gasteiger partial charge in [-0.2, -0.15) is 14.9 Å². The highest BCUT2D eigenvalue weighted by molar-refractivity contribution is 5.95. The fourth-order valence-corrected chi connectivity index (χ4v) is 2.96. The van der Waals surface area contributed by atoms with Crippen LogP contribution in [0.3, 0.4) is 0 Å². The number of likely N-dealkylation sites (N-methyl/N-ethyl adjacent to an activating group) is 1. The molecule has 0 unspecified atom stereocenters. The molecule has 0 atom stereocenters. The summed E-state index contributed by atoms with van der Waals surface area (Å²) in [6, 6.07) is 12.8. The second-order valence-electron chi connectivity index (χ2n) is 7.26. The summed E-state index contributed by atoms with van der Waals surface area (Å²) in [6.45, 7) is 1.39. The van der Waals surface area contributed by atoms with Crippen LogP contribution in [0.1, 0.15) is 15.9 Å². The minimum Gasteiger partial charge on any atom is -0.351 e. The third-order valence-corrected chi connectivity index (χ3v) is 4.63. The molecule has 2 N–H and O–H groups in total. The topological polar surface area (TPSA) is 113 Å². The van der Waals surface area contributed by atoms with Gasteiger partial charge in [-0.3, -0.25) is 10.2 Å². The average molecular weight is 466 g/mol. The van der Waals surface area contributed by atoms with Gasteiger partial charge in [0.25, 0.3) is 5.91 Å². The van der Waals surface area contributed by atoms with Crippen molar-refractivity contribution in [2.45, 2.75) is 0 Å². The molecule has 1 amide bonds. The molecule has 3 heterocycles. The van der Waals surface area contributed by atoms with Gasteiger partial charge in [-0.25, -0.2) is 15.0 Å². The number of halogens is 1. The van der Waals surface area contributed by atoms with E-state index in [9.17, 15) is 4.79 Å². The summed E-state index contributed by atoms with van der Waals surface area (Å²) in [5.41, 5.74) is 5.01. The number of pyridine rings is 1. The van der Waals surface area contributed by atoms with E-state index in [4.69, 9.17) is 0 Å². The number of carbonyl (C=O) groups is 1. The first-order chi connectivity index (χ1) is 15.6. The van der Waals surface area contributed by atoms with Crippen molar-refractivity contribution < 1.29 is 4.79 Å². The molecule has 0 bridgehead atoms. The molecule has 0 radical (unpaired) electrons. The Morgan fingerprint density at radius 1 is 1.12 bits per heavy atom. The van der Waals surface area contributed by atoms with Crippen LogP contribution in [0.4, 0.5) is 5.82 Å². The van der Waals surface area contributed by atoms with E-state index in [1.807, 2.05) is 49.3 Å². The van der Waals surface area contributed by atoms with Crippen LogP contribution in [-0.4, -0.2) is 68.9 Å². The Balaban J connectivity index is 0.00000306. The fraction of sp³-hybridized carbons (Fsp3) is 0.182. The molecule has 0 fully saturated rings. The van der Waals surface area contributed by atoms with Crippen LogP contribution in [-0.2, 0) is 0 Å². The largest absolute Gasteiger partial charge is 0.351 e. The lowest BCUT2D eigenvalue weighted by atomic mass is 10.1. The summed E-state index contributed by atoms with van der Waals surface area (Å²) in [5.74, 6) is 1.11. The Labute approximate surface area is 197 Å². The molecule has 0 saturated heterocycles. The van der Waals surface area contributed by atoms with Crippen LogP contribution in [0.5, 0.6) is 0 Å². The molecule has 33 heavy (non-hydrogen) atoms. The number of hydrogen-bond acceptors (Lipinski definition) is 8. The van der Waals surface area contributed by atoms with E-state index < -0.39 is 0 Å². The molecule has 10 nitrogen and oxygen atoms in total. The number of anilines is 1. The molecule has 11 heteroatoms. The van der Waals surface area contributed by atoms with E-state index >= 15 is 0 Å². The Kier molecular flexibility index (Phi) is 8.01. The molecule has 4 rings (SSSR count). The number of amides is 1. The molecule has 1 aromatic carbocycles. The monoisotopic (exact) mass is 465 g/mol. The van der Waals surface area contributed by atoms with Gasteiger partial charge in [0.15, 0.2) is 17.3 Å². The zero-order chi connectivity index (χ0) is 22.3. The van der Waals surface area contributed by atoms with Crippen LogP contribution in [0.2, 0.25) is 0 Å². The number of carbonyl (C=O) groups excluding carboxylic acids is 1. The highest BCUT2D eigenvalue weighted by atomic mass is 35.5. The van der Waals surface area contributed by atoms with Crippen molar-refractivity contribution in [1.82, 2.24) is 34.9 Å². The van der Waals surface area contributed by atoms with Gasteiger partial charge in [-0.05, 0) is 43.9 Å². The molecule has 3 aromatic heterocycles. The molecular formula is C22H24ClN9O. The number of aromatic nitrogens is 5.